The van der Waals surface area contributed by atoms with Gasteiger partial charge in [-0.1, -0.05) is 19.4 Å². The average molecular weight is 211 g/mol. The maximum absolute atomic E-state index is 10.9. The summed E-state index contributed by atoms with van der Waals surface area (Å²) in [5, 5.41) is 3.33. The zero-order valence-electron chi connectivity index (χ0n) is 9.71. The van der Waals surface area contributed by atoms with Crippen molar-refractivity contribution in [1.82, 2.24) is 5.32 Å². The molecule has 0 heterocycles. The van der Waals surface area contributed by atoms with Gasteiger partial charge in [0, 0.05) is 19.2 Å². The van der Waals surface area contributed by atoms with Crippen molar-refractivity contribution in [2.75, 3.05) is 19.7 Å². The molecule has 3 nitrogen and oxygen atoms in total. The van der Waals surface area contributed by atoms with Gasteiger partial charge in [-0.05, 0) is 25.2 Å². The summed E-state index contributed by atoms with van der Waals surface area (Å²) in [7, 11) is 0. The second-order valence-electron chi connectivity index (χ2n) is 4.45. The Hall–Kier alpha value is -0.830. The van der Waals surface area contributed by atoms with Crippen molar-refractivity contribution in [3.8, 4) is 0 Å². The number of ether oxygens (including phenoxy) is 1. The normalized spacial score (nSPS) is 18.8. The van der Waals surface area contributed by atoms with Gasteiger partial charge in [0.15, 0.2) is 0 Å². The fourth-order valence-electron chi connectivity index (χ4n) is 1.76. The Bertz CT molecular complexity index is 232. The summed E-state index contributed by atoms with van der Waals surface area (Å²) >= 11 is 0. The van der Waals surface area contributed by atoms with E-state index in [9.17, 15) is 4.79 Å². The minimum atomic E-state index is -0.255. The third-order valence-corrected chi connectivity index (χ3v) is 2.92. The molecule has 86 valence electrons. The number of nitrogens with one attached hydrogen (secondary N) is 1. The van der Waals surface area contributed by atoms with Crippen LogP contribution in [0, 0.1) is 5.41 Å². The monoisotopic (exact) mass is 211 g/mol. The Morgan fingerprint density at radius 1 is 1.53 bits per heavy atom. The van der Waals surface area contributed by atoms with Crippen molar-refractivity contribution in [2.45, 2.75) is 33.1 Å². The highest BCUT2D eigenvalue weighted by molar-refractivity contribution is 5.81. The van der Waals surface area contributed by atoms with Crippen LogP contribution >= 0.6 is 0 Å². The highest BCUT2D eigenvalue weighted by Gasteiger charge is 2.30. The largest absolute Gasteiger partial charge is 0.463 e. The fourth-order valence-corrected chi connectivity index (χ4v) is 1.76. The SMILES string of the molecule is CCOC(=O)/C=C/CNCC1(C)CCC1. The second kappa shape index (κ2) is 5.91. The molecule has 15 heavy (non-hydrogen) atoms. The van der Waals surface area contributed by atoms with Crippen molar-refractivity contribution >= 4 is 5.97 Å². The molecule has 1 saturated carbocycles. The Balaban J connectivity index is 2.03. The molecule has 0 aliphatic heterocycles. The first-order valence-corrected chi connectivity index (χ1v) is 5.70. The molecule has 0 radical (unpaired) electrons. The van der Waals surface area contributed by atoms with Gasteiger partial charge in [0.05, 0.1) is 6.61 Å². The Morgan fingerprint density at radius 2 is 2.27 bits per heavy atom. The van der Waals surface area contributed by atoms with Crippen LogP contribution in [-0.4, -0.2) is 25.7 Å². The zero-order chi connectivity index (χ0) is 11.1. The molecule has 0 spiro atoms. The van der Waals surface area contributed by atoms with E-state index in [0.717, 1.165) is 13.1 Å². The van der Waals surface area contributed by atoms with Crippen LogP contribution in [0.3, 0.4) is 0 Å². The number of esters is 1. The predicted octanol–water partition coefficient (Wildman–Crippen LogP) is 1.89. The van der Waals surface area contributed by atoms with Crippen molar-refractivity contribution in [1.29, 1.82) is 0 Å². The Kier molecular flexibility index (Phi) is 4.82. The number of hydrogen-bond acceptors (Lipinski definition) is 3. The van der Waals surface area contributed by atoms with Gasteiger partial charge in [-0.3, -0.25) is 0 Å². The van der Waals surface area contributed by atoms with Crippen LogP contribution in [0.25, 0.3) is 0 Å². The van der Waals surface area contributed by atoms with E-state index in [1.54, 1.807) is 6.92 Å². The van der Waals surface area contributed by atoms with Gasteiger partial charge in [0.1, 0.15) is 0 Å². The third-order valence-electron chi connectivity index (χ3n) is 2.92. The third kappa shape index (κ3) is 4.47. The molecule has 3 heteroatoms. The van der Waals surface area contributed by atoms with Crippen molar-refractivity contribution < 1.29 is 9.53 Å². The zero-order valence-corrected chi connectivity index (χ0v) is 9.71. The average Bonchev–Trinajstić information content (AvgIpc) is 2.15. The summed E-state index contributed by atoms with van der Waals surface area (Å²) in [5.74, 6) is -0.255. The van der Waals surface area contributed by atoms with E-state index in [-0.39, 0.29) is 5.97 Å². The molecule has 1 rings (SSSR count). The molecule has 0 amide bonds. The van der Waals surface area contributed by atoms with Gasteiger partial charge in [-0.25, -0.2) is 4.79 Å². The van der Waals surface area contributed by atoms with Gasteiger partial charge in [-0.2, -0.15) is 0 Å². The maximum atomic E-state index is 10.9. The van der Waals surface area contributed by atoms with Crippen molar-refractivity contribution in [3.05, 3.63) is 12.2 Å². The van der Waals surface area contributed by atoms with Crippen LogP contribution in [0.15, 0.2) is 12.2 Å². The molecule has 1 N–H and O–H groups in total. The van der Waals surface area contributed by atoms with Crippen molar-refractivity contribution in [3.63, 3.8) is 0 Å². The van der Waals surface area contributed by atoms with Gasteiger partial charge in [0.25, 0.3) is 0 Å². The van der Waals surface area contributed by atoms with Gasteiger partial charge >= 0.3 is 5.97 Å². The summed E-state index contributed by atoms with van der Waals surface area (Å²) in [6.45, 7) is 6.34. The lowest BCUT2D eigenvalue weighted by molar-refractivity contribution is -0.137. The van der Waals surface area contributed by atoms with E-state index >= 15 is 0 Å². The minimum Gasteiger partial charge on any atom is -0.463 e. The topological polar surface area (TPSA) is 38.3 Å². The molecule has 0 atom stereocenters. The predicted molar refractivity (Wildman–Crippen MR) is 60.6 cm³/mol. The Morgan fingerprint density at radius 3 is 2.80 bits per heavy atom. The van der Waals surface area contributed by atoms with E-state index in [4.69, 9.17) is 4.74 Å². The first-order chi connectivity index (χ1) is 7.16. The van der Waals surface area contributed by atoms with Crippen LogP contribution in [0.2, 0.25) is 0 Å². The van der Waals surface area contributed by atoms with Gasteiger partial charge in [-0.15, -0.1) is 0 Å². The van der Waals surface area contributed by atoms with E-state index in [0.29, 0.717) is 12.0 Å². The van der Waals surface area contributed by atoms with E-state index in [2.05, 4.69) is 12.2 Å². The summed E-state index contributed by atoms with van der Waals surface area (Å²) in [6.07, 6.45) is 7.31. The molecular formula is C12H21NO2. The summed E-state index contributed by atoms with van der Waals surface area (Å²) in [5.41, 5.74) is 0.498. The minimum absolute atomic E-state index is 0.255. The first-order valence-electron chi connectivity index (χ1n) is 5.70. The second-order valence-corrected chi connectivity index (χ2v) is 4.45. The number of hydrogen-bond donors (Lipinski definition) is 1. The molecule has 0 unspecified atom stereocenters. The molecule has 1 aliphatic carbocycles. The first kappa shape index (κ1) is 12.2. The van der Waals surface area contributed by atoms with Crippen LogP contribution in [-0.2, 0) is 9.53 Å². The summed E-state index contributed by atoms with van der Waals surface area (Å²) < 4.78 is 4.77. The highest BCUT2D eigenvalue weighted by Crippen LogP contribution is 2.39. The van der Waals surface area contributed by atoms with Crippen LogP contribution in [0.4, 0.5) is 0 Å². The molecule has 0 aromatic carbocycles. The van der Waals surface area contributed by atoms with Gasteiger partial charge < -0.3 is 10.1 Å². The number of carbonyl (C=O) groups excluding carboxylic acids is 1. The van der Waals surface area contributed by atoms with Gasteiger partial charge in [0.2, 0.25) is 0 Å². The molecule has 1 aliphatic rings. The van der Waals surface area contributed by atoms with E-state index in [1.807, 2.05) is 6.08 Å². The van der Waals surface area contributed by atoms with Crippen LogP contribution in [0.1, 0.15) is 33.1 Å². The lowest BCUT2D eigenvalue weighted by Gasteiger charge is -2.38. The molecule has 0 saturated heterocycles. The number of carbonyl (C=O) groups is 1. The van der Waals surface area contributed by atoms with Crippen molar-refractivity contribution in [2.24, 2.45) is 5.41 Å². The lowest BCUT2D eigenvalue weighted by atomic mass is 9.70. The fraction of sp³-hybridized carbons (Fsp3) is 0.750. The number of rotatable bonds is 6. The smallest absolute Gasteiger partial charge is 0.330 e. The molecule has 0 aromatic rings. The highest BCUT2D eigenvalue weighted by atomic mass is 16.5. The molecule has 1 fully saturated rings. The van der Waals surface area contributed by atoms with E-state index in [1.165, 1.54) is 25.3 Å². The van der Waals surface area contributed by atoms with Crippen LogP contribution < -0.4 is 5.32 Å². The quantitative estimate of drug-likeness (QED) is 0.414. The van der Waals surface area contributed by atoms with Crippen LogP contribution in [0.5, 0.6) is 0 Å². The Labute approximate surface area is 91.9 Å². The standard InChI is InChI=1S/C12H21NO2/c1-3-15-11(14)6-4-9-13-10-12(2)7-5-8-12/h4,6,13H,3,5,7-10H2,1-2H3/b6-4+. The molecular weight excluding hydrogens is 190 g/mol. The lowest BCUT2D eigenvalue weighted by Crippen LogP contribution is -2.37. The summed E-state index contributed by atoms with van der Waals surface area (Å²) in [4.78, 5) is 10.9. The molecule has 0 aromatic heterocycles. The molecule has 0 bridgehead atoms. The summed E-state index contributed by atoms with van der Waals surface area (Å²) in [6, 6.07) is 0. The van der Waals surface area contributed by atoms with E-state index < -0.39 is 0 Å². The maximum Gasteiger partial charge on any atom is 0.330 e.